The molecular formula is C65H77ClF2O6. The Morgan fingerprint density at radius 2 is 1.08 bits per heavy atom. The molecule has 1 N–H and O–H groups in total. The molecule has 4 aliphatic carbocycles. The molecule has 0 saturated heterocycles. The number of halogens is 3. The lowest BCUT2D eigenvalue weighted by molar-refractivity contribution is -0.146. The zero-order valence-electron chi connectivity index (χ0n) is 44.2. The molecule has 0 aliphatic heterocycles. The molecule has 0 aromatic heterocycles. The predicted octanol–water partition coefficient (Wildman–Crippen LogP) is 16.3. The fraction of sp³-hybridized carbons (Fsp3) is 0.415. The van der Waals surface area contributed by atoms with Crippen molar-refractivity contribution in [1.29, 1.82) is 0 Å². The molecule has 2 saturated carbocycles. The SMILES string of the molecule is C.CCOC(=O)[C@H]1C[C@]12CCc1ccc(O)cc12.CCOC(=O)[C@H]1C[C@]12CCc1ccc(OCc3ccc(C(C)(C)C)c(-c4cc(C)ccc4F)c3)cc12.Cc1ccc(F)c(-c2cc(CCl)ccc2C(C)(C)C)c1.[3HH]. The maximum atomic E-state index is 14.9. The van der Waals surface area contributed by atoms with Crippen molar-refractivity contribution >= 4 is 23.5 Å². The zero-order valence-corrected chi connectivity index (χ0v) is 45.0. The van der Waals surface area contributed by atoms with Gasteiger partial charge in [-0.3, -0.25) is 9.59 Å². The van der Waals surface area contributed by atoms with Crippen LogP contribution in [-0.2, 0) is 66.1 Å². The van der Waals surface area contributed by atoms with Gasteiger partial charge in [-0.15, -0.1) is 11.6 Å². The maximum absolute atomic E-state index is 14.9. The first kappa shape index (κ1) is 55.8. The van der Waals surface area contributed by atoms with E-state index in [1.54, 1.807) is 24.3 Å². The lowest BCUT2D eigenvalue weighted by Gasteiger charge is -2.24. The van der Waals surface area contributed by atoms with E-state index in [1.807, 2.05) is 70.2 Å². The van der Waals surface area contributed by atoms with Gasteiger partial charge in [0.1, 0.15) is 29.7 Å². The summed E-state index contributed by atoms with van der Waals surface area (Å²) in [6, 6.07) is 34.6. The van der Waals surface area contributed by atoms with E-state index in [2.05, 4.69) is 77.9 Å². The topological polar surface area (TPSA) is 82.1 Å². The molecule has 9 heteroatoms. The Morgan fingerprint density at radius 1 is 0.622 bits per heavy atom. The Bertz CT molecular complexity index is 3050. The van der Waals surface area contributed by atoms with Gasteiger partial charge in [-0.05, 0) is 193 Å². The van der Waals surface area contributed by atoms with Gasteiger partial charge in [-0.1, -0.05) is 109 Å². The second-order valence-corrected chi connectivity index (χ2v) is 22.9. The normalized spacial score (nSPS) is 19.7. The van der Waals surface area contributed by atoms with Gasteiger partial charge in [0.05, 0.1) is 25.0 Å². The summed E-state index contributed by atoms with van der Waals surface area (Å²) in [6.45, 7) is 21.8. The number of phenols is 1. The van der Waals surface area contributed by atoms with Crippen molar-refractivity contribution in [3.8, 4) is 33.8 Å². The third kappa shape index (κ3) is 11.6. The van der Waals surface area contributed by atoms with E-state index in [1.165, 1.54) is 22.8 Å². The van der Waals surface area contributed by atoms with Crippen molar-refractivity contribution < 1.29 is 39.1 Å². The lowest BCUT2D eigenvalue weighted by atomic mass is 9.81. The second-order valence-electron chi connectivity index (χ2n) is 22.6. The highest BCUT2D eigenvalue weighted by Crippen LogP contribution is 2.63. The average molecular weight is 1030 g/mol. The number of hydrogen-bond donors (Lipinski definition) is 1. The Balaban J connectivity index is 0.000000198. The Morgan fingerprint density at radius 3 is 1.55 bits per heavy atom. The molecule has 394 valence electrons. The third-order valence-corrected chi connectivity index (χ3v) is 15.7. The van der Waals surface area contributed by atoms with Crippen molar-refractivity contribution in [3.63, 3.8) is 0 Å². The standard InChI is InChI=1S/C32H35FO3.C18H20ClF.C14H16O3.CH4.H2/c1-6-35-30(34)28-18-32(28)14-13-22-9-10-23(17-27(22)32)36-19-21-8-11-26(31(3,4)5)24(16-21)25-15-20(2)7-12-29(25)33;1-12-5-8-17(20)15(9-12)14-10-13(11-19)6-7-16(14)18(2,3)4;1-2-17-13(16)12-8-14(12)6-5-9-3-4-10(15)7-11(9)14;;/h7-12,15-17,28H,6,13-14,18-19H2,1-5H3;5-10H,11H2,1-4H3;3-4,7,12,15H,2,5-6,8H2,1H3;1H4;1H/t28-,32+;;12-,14+;;/m1.1../s1/i;;;;1+2. The number of aryl methyl sites for hydroxylation is 4. The summed E-state index contributed by atoms with van der Waals surface area (Å²) in [4.78, 5) is 24.2. The van der Waals surface area contributed by atoms with Crippen LogP contribution in [0.4, 0.5) is 8.78 Å². The first-order valence-corrected chi connectivity index (χ1v) is 26.4. The zero-order chi connectivity index (χ0) is 52.6. The molecule has 74 heavy (non-hydrogen) atoms. The number of carbonyl (C=O) groups is 2. The van der Waals surface area contributed by atoms with Gasteiger partial charge in [0.25, 0.3) is 0 Å². The van der Waals surface area contributed by atoms with Crippen molar-refractivity contribution in [3.05, 3.63) is 176 Å². The van der Waals surface area contributed by atoms with Crippen LogP contribution >= 0.6 is 11.6 Å². The monoisotopic (exact) mass is 1030 g/mol. The van der Waals surface area contributed by atoms with Gasteiger partial charge in [0.15, 0.2) is 0 Å². The number of hydrogen-bond acceptors (Lipinski definition) is 6. The van der Waals surface area contributed by atoms with Crippen LogP contribution in [0.1, 0.15) is 146 Å². The molecule has 10 rings (SSSR count). The first-order valence-electron chi connectivity index (χ1n) is 25.9. The molecular weight excluding hydrogens is 950 g/mol. The Kier molecular flexibility index (Phi) is 16.6. The smallest absolute Gasteiger partial charge is 0.309 e. The summed E-state index contributed by atoms with van der Waals surface area (Å²) >= 11 is 5.93. The second kappa shape index (κ2) is 22.1. The molecule has 0 heterocycles. The maximum Gasteiger partial charge on any atom is 0.309 e. The first-order chi connectivity index (χ1) is 34.6. The number of carbonyl (C=O) groups excluding carboxylic acids is 2. The largest absolute Gasteiger partial charge is 0.508 e. The van der Waals surface area contributed by atoms with Gasteiger partial charge in [-0.2, -0.15) is 0 Å². The van der Waals surface area contributed by atoms with Crippen LogP contribution < -0.4 is 4.74 Å². The summed E-state index contributed by atoms with van der Waals surface area (Å²) in [5, 5.41) is 9.57. The summed E-state index contributed by atoms with van der Waals surface area (Å²) in [6.07, 6.45) is 5.74. The molecule has 0 bridgehead atoms. The fourth-order valence-corrected chi connectivity index (χ4v) is 11.6. The van der Waals surface area contributed by atoms with Crippen LogP contribution in [0.5, 0.6) is 11.5 Å². The van der Waals surface area contributed by atoms with E-state index in [0.29, 0.717) is 42.6 Å². The minimum absolute atomic E-state index is 0. The molecule has 2 fully saturated rings. The number of benzene rings is 6. The molecule has 0 amide bonds. The third-order valence-electron chi connectivity index (χ3n) is 15.4. The molecule has 2 spiro atoms. The highest BCUT2D eigenvalue weighted by atomic mass is 35.5. The molecule has 6 nitrogen and oxygen atoms in total. The molecule has 0 unspecified atom stereocenters. The molecule has 6 aromatic rings. The number of alkyl halides is 1. The summed E-state index contributed by atoms with van der Waals surface area (Å²) in [7, 11) is 0. The molecule has 4 atom stereocenters. The van der Waals surface area contributed by atoms with E-state index in [4.69, 9.17) is 25.8 Å². The summed E-state index contributed by atoms with van der Waals surface area (Å²) in [5.41, 5.74) is 14.2. The Labute approximate surface area is 445 Å². The summed E-state index contributed by atoms with van der Waals surface area (Å²) in [5.74, 6) is 0.936. The van der Waals surface area contributed by atoms with Crippen molar-refractivity contribution in [2.45, 2.75) is 149 Å². The van der Waals surface area contributed by atoms with E-state index in [9.17, 15) is 23.5 Å². The van der Waals surface area contributed by atoms with Gasteiger partial charge >= 0.3 is 11.9 Å². The Hall–Kier alpha value is -5.99. The van der Waals surface area contributed by atoms with E-state index >= 15 is 0 Å². The fourth-order valence-electron chi connectivity index (χ4n) is 11.4. The minimum atomic E-state index is -0.214. The number of rotatable bonds is 10. The lowest BCUT2D eigenvalue weighted by Crippen LogP contribution is -2.15. The van der Waals surface area contributed by atoms with Crippen molar-refractivity contribution in [2.24, 2.45) is 11.8 Å². The van der Waals surface area contributed by atoms with Gasteiger partial charge in [0.2, 0.25) is 0 Å². The van der Waals surface area contributed by atoms with Gasteiger partial charge < -0.3 is 19.3 Å². The minimum Gasteiger partial charge on any atom is -0.508 e. The number of phenolic OH excluding ortho intramolecular Hbond substituents is 1. The van der Waals surface area contributed by atoms with E-state index in [0.717, 1.165) is 94.3 Å². The number of esters is 2. The van der Waals surface area contributed by atoms with Crippen LogP contribution in [0.25, 0.3) is 22.3 Å². The van der Waals surface area contributed by atoms with Crippen LogP contribution in [0.3, 0.4) is 0 Å². The van der Waals surface area contributed by atoms with E-state index < -0.39 is 0 Å². The highest BCUT2D eigenvalue weighted by molar-refractivity contribution is 6.17. The summed E-state index contributed by atoms with van der Waals surface area (Å²) < 4.78 is 45.8. The van der Waals surface area contributed by atoms with Crippen LogP contribution in [0.15, 0.2) is 109 Å². The molecule has 6 aromatic carbocycles. The van der Waals surface area contributed by atoms with Gasteiger partial charge in [-0.25, -0.2) is 8.78 Å². The predicted molar refractivity (Wildman–Crippen MR) is 297 cm³/mol. The van der Waals surface area contributed by atoms with Crippen LogP contribution in [0, 0.1) is 37.3 Å². The highest BCUT2D eigenvalue weighted by Gasteiger charge is 2.63. The number of aromatic hydroxyl groups is 1. The van der Waals surface area contributed by atoms with Crippen molar-refractivity contribution in [2.75, 3.05) is 13.2 Å². The van der Waals surface area contributed by atoms with Gasteiger partial charge in [0, 0.05) is 29.3 Å². The van der Waals surface area contributed by atoms with Crippen molar-refractivity contribution in [1.82, 2.24) is 0 Å². The average Bonchev–Trinajstić information content (AvgIpc) is 4.21. The quantitative estimate of drug-likeness (QED) is 0.109. The van der Waals surface area contributed by atoms with E-state index in [-0.39, 0.29) is 65.9 Å². The molecule has 4 aliphatic rings. The number of fused-ring (bicyclic) bond motifs is 4. The number of ether oxygens (including phenoxy) is 3. The van der Waals surface area contributed by atoms with Crippen LogP contribution in [-0.4, -0.2) is 30.3 Å². The molecule has 0 radical (unpaired) electrons. The van der Waals surface area contributed by atoms with Crippen LogP contribution in [0.2, 0.25) is 0 Å².